The van der Waals surface area contributed by atoms with Crippen LogP contribution in [-0.2, 0) is 11.2 Å². The van der Waals surface area contributed by atoms with Crippen molar-refractivity contribution >= 4 is 5.91 Å². The Morgan fingerprint density at radius 2 is 2.00 bits per heavy atom. The predicted octanol–water partition coefficient (Wildman–Crippen LogP) is 1.21. The second-order valence-corrected chi connectivity index (χ2v) is 4.03. The molecule has 0 spiro atoms. The van der Waals surface area contributed by atoms with Crippen LogP contribution in [-0.4, -0.2) is 28.8 Å². The molecule has 0 fully saturated rings. The Kier molecular flexibility index (Phi) is 5.49. The van der Waals surface area contributed by atoms with Gasteiger partial charge in [0.1, 0.15) is 5.75 Å². The molecule has 1 atom stereocenters. The minimum absolute atomic E-state index is 0.127. The van der Waals surface area contributed by atoms with E-state index in [4.69, 9.17) is 5.11 Å². The summed E-state index contributed by atoms with van der Waals surface area (Å²) in [4.78, 5) is 11.3. The first-order valence-corrected chi connectivity index (χ1v) is 5.84. The van der Waals surface area contributed by atoms with Gasteiger partial charge in [0.25, 0.3) is 0 Å². The summed E-state index contributed by atoms with van der Waals surface area (Å²) < 4.78 is 0. The lowest BCUT2D eigenvalue weighted by atomic mass is 10.1. The van der Waals surface area contributed by atoms with Gasteiger partial charge in [-0.3, -0.25) is 4.79 Å². The van der Waals surface area contributed by atoms with E-state index in [0.29, 0.717) is 19.4 Å². The molecular weight excluding hydrogens is 218 g/mol. The molecule has 0 aliphatic heterocycles. The Labute approximate surface area is 101 Å². The van der Waals surface area contributed by atoms with E-state index in [1.54, 1.807) is 12.1 Å². The van der Waals surface area contributed by atoms with E-state index < -0.39 is 6.10 Å². The van der Waals surface area contributed by atoms with Crippen molar-refractivity contribution in [3.8, 4) is 5.75 Å². The molecule has 0 radical (unpaired) electrons. The standard InChI is InChI=1S/C13H19NO3/c1-2-11(15)9-13(17)14-8-7-10-3-5-12(16)6-4-10/h3-6,11,15-16H,2,7-9H2,1H3,(H,14,17)/t11-/m0/s1. The second kappa shape index (κ2) is 6.91. The molecule has 4 heteroatoms. The number of nitrogens with one attached hydrogen (secondary N) is 1. The smallest absolute Gasteiger partial charge is 0.222 e. The fourth-order valence-corrected chi connectivity index (χ4v) is 1.44. The van der Waals surface area contributed by atoms with Crippen LogP contribution < -0.4 is 5.32 Å². The molecule has 1 amide bonds. The summed E-state index contributed by atoms with van der Waals surface area (Å²) in [5.41, 5.74) is 1.05. The van der Waals surface area contributed by atoms with Crippen molar-refractivity contribution in [2.24, 2.45) is 0 Å². The zero-order valence-corrected chi connectivity index (χ0v) is 10.0. The van der Waals surface area contributed by atoms with Gasteiger partial charge in [-0.1, -0.05) is 19.1 Å². The first-order chi connectivity index (χ1) is 8.11. The molecule has 0 saturated heterocycles. The van der Waals surface area contributed by atoms with E-state index in [1.165, 1.54) is 0 Å². The highest BCUT2D eigenvalue weighted by atomic mass is 16.3. The molecule has 1 aromatic carbocycles. The number of rotatable bonds is 6. The molecule has 0 saturated carbocycles. The van der Waals surface area contributed by atoms with Gasteiger partial charge >= 0.3 is 0 Å². The van der Waals surface area contributed by atoms with Crippen molar-refractivity contribution in [1.82, 2.24) is 5.32 Å². The summed E-state index contributed by atoms with van der Waals surface area (Å²) in [6.07, 6.45) is 0.912. The average Bonchev–Trinajstić information content (AvgIpc) is 2.31. The van der Waals surface area contributed by atoms with Crippen LogP contribution >= 0.6 is 0 Å². The van der Waals surface area contributed by atoms with Gasteiger partial charge in [-0.05, 0) is 30.5 Å². The van der Waals surface area contributed by atoms with E-state index in [9.17, 15) is 9.90 Å². The number of aromatic hydroxyl groups is 1. The Bertz CT molecular complexity index is 348. The monoisotopic (exact) mass is 237 g/mol. The number of amides is 1. The summed E-state index contributed by atoms with van der Waals surface area (Å²) in [7, 11) is 0. The number of aliphatic hydroxyl groups is 1. The molecule has 0 aliphatic carbocycles. The number of hydrogen-bond acceptors (Lipinski definition) is 3. The maximum Gasteiger partial charge on any atom is 0.222 e. The maximum atomic E-state index is 11.3. The van der Waals surface area contributed by atoms with Gasteiger partial charge < -0.3 is 15.5 Å². The van der Waals surface area contributed by atoms with E-state index in [1.807, 2.05) is 19.1 Å². The summed E-state index contributed by atoms with van der Waals surface area (Å²) in [5, 5.41) is 21.1. The highest BCUT2D eigenvalue weighted by Gasteiger charge is 2.07. The van der Waals surface area contributed by atoms with Crippen molar-refractivity contribution in [3.63, 3.8) is 0 Å². The number of carbonyl (C=O) groups excluding carboxylic acids is 1. The van der Waals surface area contributed by atoms with E-state index in [0.717, 1.165) is 5.56 Å². The van der Waals surface area contributed by atoms with Crippen LogP contribution in [0.15, 0.2) is 24.3 Å². The van der Waals surface area contributed by atoms with Crippen molar-refractivity contribution in [2.75, 3.05) is 6.54 Å². The fourth-order valence-electron chi connectivity index (χ4n) is 1.44. The third kappa shape index (κ3) is 5.36. The van der Waals surface area contributed by atoms with E-state index >= 15 is 0 Å². The maximum absolute atomic E-state index is 11.3. The quantitative estimate of drug-likeness (QED) is 0.696. The first-order valence-electron chi connectivity index (χ1n) is 5.84. The molecule has 1 rings (SSSR count). The molecule has 3 N–H and O–H groups in total. The van der Waals surface area contributed by atoms with Gasteiger partial charge in [0.2, 0.25) is 5.91 Å². The fraction of sp³-hybridized carbons (Fsp3) is 0.462. The molecule has 0 heterocycles. The zero-order valence-electron chi connectivity index (χ0n) is 10.0. The largest absolute Gasteiger partial charge is 0.508 e. The van der Waals surface area contributed by atoms with Crippen molar-refractivity contribution in [3.05, 3.63) is 29.8 Å². The van der Waals surface area contributed by atoms with Crippen LogP contribution in [0.4, 0.5) is 0 Å². The molecule has 1 aromatic rings. The second-order valence-electron chi connectivity index (χ2n) is 4.03. The Hall–Kier alpha value is -1.55. The first kappa shape index (κ1) is 13.5. The number of carbonyl (C=O) groups is 1. The van der Waals surface area contributed by atoms with E-state index in [-0.39, 0.29) is 18.1 Å². The molecular formula is C13H19NO3. The molecule has 0 unspecified atom stereocenters. The number of aliphatic hydroxyl groups excluding tert-OH is 1. The highest BCUT2D eigenvalue weighted by molar-refractivity contribution is 5.76. The molecule has 0 aromatic heterocycles. The zero-order chi connectivity index (χ0) is 12.7. The molecule has 0 aliphatic rings. The summed E-state index contributed by atoms with van der Waals surface area (Å²) in [6, 6.07) is 6.89. The lowest BCUT2D eigenvalue weighted by molar-refractivity contribution is -0.122. The van der Waals surface area contributed by atoms with Crippen molar-refractivity contribution in [2.45, 2.75) is 32.3 Å². The normalized spacial score (nSPS) is 12.1. The van der Waals surface area contributed by atoms with Gasteiger partial charge in [0.15, 0.2) is 0 Å². The molecule has 17 heavy (non-hydrogen) atoms. The summed E-state index contributed by atoms with van der Waals surface area (Å²) >= 11 is 0. The Balaban J connectivity index is 2.23. The van der Waals surface area contributed by atoms with Crippen molar-refractivity contribution in [1.29, 1.82) is 0 Å². The lowest BCUT2D eigenvalue weighted by Gasteiger charge is -2.08. The topological polar surface area (TPSA) is 69.6 Å². The van der Waals surface area contributed by atoms with Crippen molar-refractivity contribution < 1.29 is 15.0 Å². The van der Waals surface area contributed by atoms with Gasteiger partial charge in [-0.25, -0.2) is 0 Å². The van der Waals surface area contributed by atoms with Gasteiger partial charge in [-0.15, -0.1) is 0 Å². The predicted molar refractivity (Wildman–Crippen MR) is 65.7 cm³/mol. The van der Waals surface area contributed by atoms with E-state index in [2.05, 4.69) is 5.32 Å². The minimum Gasteiger partial charge on any atom is -0.508 e. The number of phenolic OH excluding ortho intramolecular Hbond substituents is 1. The van der Waals surface area contributed by atoms with Crippen LogP contribution in [0, 0.1) is 0 Å². The van der Waals surface area contributed by atoms with Gasteiger partial charge in [-0.2, -0.15) is 0 Å². The van der Waals surface area contributed by atoms with Crippen LogP contribution in [0.1, 0.15) is 25.3 Å². The Morgan fingerprint density at radius 1 is 1.35 bits per heavy atom. The number of hydrogen-bond donors (Lipinski definition) is 3. The minimum atomic E-state index is -0.552. The van der Waals surface area contributed by atoms with Crippen LogP contribution in [0.3, 0.4) is 0 Å². The van der Waals surface area contributed by atoms with Gasteiger partial charge in [0, 0.05) is 6.54 Å². The lowest BCUT2D eigenvalue weighted by Crippen LogP contribution is -2.28. The average molecular weight is 237 g/mol. The molecule has 4 nitrogen and oxygen atoms in total. The van der Waals surface area contributed by atoms with Gasteiger partial charge in [0.05, 0.1) is 12.5 Å². The molecule has 94 valence electrons. The third-order valence-electron chi connectivity index (χ3n) is 2.56. The third-order valence-corrected chi connectivity index (χ3v) is 2.56. The number of phenols is 1. The summed E-state index contributed by atoms with van der Waals surface area (Å²) in [5.74, 6) is 0.113. The van der Waals surface area contributed by atoms with Crippen LogP contribution in [0.5, 0.6) is 5.75 Å². The SMILES string of the molecule is CC[C@H](O)CC(=O)NCCc1ccc(O)cc1. The summed E-state index contributed by atoms with van der Waals surface area (Å²) in [6.45, 7) is 2.38. The van der Waals surface area contributed by atoms with Crippen LogP contribution in [0.25, 0.3) is 0 Å². The highest BCUT2D eigenvalue weighted by Crippen LogP contribution is 2.09. The number of benzene rings is 1. The Morgan fingerprint density at radius 3 is 2.59 bits per heavy atom. The van der Waals surface area contributed by atoms with Crippen LogP contribution in [0.2, 0.25) is 0 Å². The molecule has 0 bridgehead atoms.